The van der Waals surface area contributed by atoms with Gasteiger partial charge in [-0.2, -0.15) is 11.8 Å². The molecule has 1 N–H and O–H groups in total. The van der Waals surface area contributed by atoms with E-state index in [2.05, 4.69) is 17.3 Å². The van der Waals surface area contributed by atoms with Crippen LogP contribution < -0.4 is 5.32 Å². The first-order valence-electron chi connectivity index (χ1n) is 7.94. The first kappa shape index (κ1) is 17.3. The zero-order valence-corrected chi connectivity index (χ0v) is 14.0. The Morgan fingerprint density at radius 2 is 2.27 bits per heavy atom. The highest BCUT2D eigenvalue weighted by Crippen LogP contribution is 2.16. The first-order valence-corrected chi connectivity index (χ1v) is 9.09. The van der Waals surface area contributed by atoms with Crippen molar-refractivity contribution in [3.05, 3.63) is 35.6 Å². The topological polar surface area (TPSA) is 32.3 Å². The fraction of sp³-hybridized carbons (Fsp3) is 0.588. The highest BCUT2D eigenvalue weighted by atomic mass is 32.2. The van der Waals surface area contributed by atoms with Crippen molar-refractivity contribution in [3.8, 4) is 0 Å². The number of nitrogens with zero attached hydrogens (tertiary/aromatic N) is 1. The molecule has 1 atom stereocenters. The van der Waals surface area contributed by atoms with Crippen molar-refractivity contribution < 1.29 is 9.18 Å². The zero-order chi connectivity index (χ0) is 15.8. The van der Waals surface area contributed by atoms with Gasteiger partial charge in [-0.1, -0.05) is 18.2 Å². The smallest absolute Gasteiger partial charge is 0.224 e. The van der Waals surface area contributed by atoms with E-state index in [9.17, 15) is 9.18 Å². The van der Waals surface area contributed by atoms with Gasteiger partial charge in [0.2, 0.25) is 5.91 Å². The second-order valence-electron chi connectivity index (χ2n) is 5.89. The van der Waals surface area contributed by atoms with Crippen molar-refractivity contribution in [1.82, 2.24) is 10.2 Å². The number of piperidine rings is 1. The first-order chi connectivity index (χ1) is 10.7. The van der Waals surface area contributed by atoms with Crippen LogP contribution in [0.3, 0.4) is 0 Å². The third-order valence-corrected chi connectivity index (χ3v) is 5.07. The summed E-state index contributed by atoms with van der Waals surface area (Å²) in [5.74, 6) is 1.81. The Kier molecular flexibility index (Phi) is 7.19. The highest BCUT2D eigenvalue weighted by molar-refractivity contribution is 7.98. The Bertz CT molecular complexity index is 483. The van der Waals surface area contributed by atoms with E-state index in [0.29, 0.717) is 12.3 Å². The zero-order valence-electron chi connectivity index (χ0n) is 13.2. The molecule has 0 aliphatic carbocycles. The van der Waals surface area contributed by atoms with Crippen molar-refractivity contribution in [2.75, 3.05) is 32.4 Å². The van der Waals surface area contributed by atoms with Crippen molar-refractivity contribution in [2.45, 2.75) is 25.0 Å². The SMILES string of the molecule is CN1CCCC(C(=O)NCCCSCc2ccccc2F)C1. The third kappa shape index (κ3) is 5.61. The number of halogens is 1. The van der Waals surface area contributed by atoms with E-state index in [1.165, 1.54) is 6.07 Å². The minimum absolute atomic E-state index is 0.135. The van der Waals surface area contributed by atoms with Crippen LogP contribution in [0, 0.1) is 11.7 Å². The minimum Gasteiger partial charge on any atom is -0.356 e. The fourth-order valence-corrected chi connectivity index (χ4v) is 3.65. The number of benzene rings is 1. The molecule has 0 aromatic heterocycles. The number of hydrogen-bond acceptors (Lipinski definition) is 3. The quantitative estimate of drug-likeness (QED) is 0.783. The molecule has 1 heterocycles. The molecule has 3 nitrogen and oxygen atoms in total. The molecule has 0 bridgehead atoms. The Hall–Kier alpha value is -1.07. The lowest BCUT2D eigenvalue weighted by Crippen LogP contribution is -2.41. The van der Waals surface area contributed by atoms with Crippen LogP contribution in [0.25, 0.3) is 0 Å². The van der Waals surface area contributed by atoms with Gasteiger partial charge in [0.1, 0.15) is 5.82 Å². The van der Waals surface area contributed by atoms with Gasteiger partial charge in [-0.25, -0.2) is 4.39 Å². The van der Waals surface area contributed by atoms with E-state index in [4.69, 9.17) is 0 Å². The normalized spacial score (nSPS) is 19.1. The second-order valence-corrected chi connectivity index (χ2v) is 7.00. The fourth-order valence-electron chi connectivity index (χ4n) is 2.71. The maximum Gasteiger partial charge on any atom is 0.224 e. The number of carbonyl (C=O) groups excluding carboxylic acids is 1. The number of nitrogens with one attached hydrogen (secondary N) is 1. The van der Waals surface area contributed by atoms with Crippen LogP contribution in [-0.2, 0) is 10.5 Å². The third-order valence-electron chi connectivity index (χ3n) is 3.98. The summed E-state index contributed by atoms with van der Waals surface area (Å²) in [4.78, 5) is 14.3. The molecule has 1 amide bonds. The summed E-state index contributed by atoms with van der Waals surface area (Å²) in [6, 6.07) is 6.89. The second kappa shape index (κ2) is 9.16. The average Bonchev–Trinajstić information content (AvgIpc) is 2.52. The van der Waals surface area contributed by atoms with Gasteiger partial charge in [0.15, 0.2) is 0 Å². The van der Waals surface area contributed by atoms with Gasteiger partial charge in [0.25, 0.3) is 0 Å². The predicted octanol–water partition coefficient (Wildman–Crippen LogP) is 2.91. The Morgan fingerprint density at radius 3 is 3.05 bits per heavy atom. The van der Waals surface area contributed by atoms with Crippen molar-refractivity contribution in [2.24, 2.45) is 5.92 Å². The maximum atomic E-state index is 13.4. The Labute approximate surface area is 136 Å². The Balaban J connectivity index is 1.55. The highest BCUT2D eigenvalue weighted by Gasteiger charge is 2.23. The van der Waals surface area contributed by atoms with Gasteiger partial charge < -0.3 is 10.2 Å². The molecule has 0 radical (unpaired) electrons. The summed E-state index contributed by atoms with van der Waals surface area (Å²) in [7, 11) is 2.07. The molecule has 5 heteroatoms. The van der Waals surface area contributed by atoms with E-state index in [1.807, 2.05) is 12.1 Å². The summed E-state index contributed by atoms with van der Waals surface area (Å²) in [6.07, 6.45) is 3.03. The molecular formula is C17H25FN2OS. The van der Waals surface area contributed by atoms with Crippen LogP contribution in [0.2, 0.25) is 0 Å². The van der Waals surface area contributed by atoms with Crippen LogP contribution in [0.5, 0.6) is 0 Å². The monoisotopic (exact) mass is 324 g/mol. The number of hydrogen-bond donors (Lipinski definition) is 1. The molecule has 22 heavy (non-hydrogen) atoms. The number of carbonyl (C=O) groups is 1. The summed E-state index contributed by atoms with van der Waals surface area (Å²) < 4.78 is 13.4. The molecule has 122 valence electrons. The number of amides is 1. The van der Waals surface area contributed by atoms with E-state index < -0.39 is 0 Å². The molecule has 1 unspecified atom stereocenters. The van der Waals surface area contributed by atoms with E-state index in [0.717, 1.165) is 43.7 Å². The summed E-state index contributed by atoms with van der Waals surface area (Å²) in [6.45, 7) is 2.67. The Morgan fingerprint density at radius 1 is 1.45 bits per heavy atom. The molecule has 1 aromatic rings. The van der Waals surface area contributed by atoms with E-state index >= 15 is 0 Å². The molecule has 1 aliphatic rings. The molecule has 2 rings (SSSR count). The molecule has 0 saturated carbocycles. The molecule has 1 aliphatic heterocycles. The molecule has 1 aromatic carbocycles. The molecular weight excluding hydrogens is 299 g/mol. The van der Waals surface area contributed by atoms with Crippen LogP contribution in [-0.4, -0.2) is 43.2 Å². The lowest BCUT2D eigenvalue weighted by atomic mass is 9.98. The number of rotatable bonds is 7. The minimum atomic E-state index is -0.135. The van der Waals surface area contributed by atoms with Gasteiger partial charge in [-0.05, 0) is 50.2 Å². The average molecular weight is 324 g/mol. The van der Waals surface area contributed by atoms with Crippen molar-refractivity contribution >= 4 is 17.7 Å². The largest absolute Gasteiger partial charge is 0.356 e. The molecule has 0 spiro atoms. The lowest BCUT2D eigenvalue weighted by Gasteiger charge is -2.28. The predicted molar refractivity (Wildman–Crippen MR) is 90.4 cm³/mol. The van der Waals surface area contributed by atoms with Crippen LogP contribution in [0.4, 0.5) is 4.39 Å². The van der Waals surface area contributed by atoms with Gasteiger partial charge in [0.05, 0.1) is 5.92 Å². The van der Waals surface area contributed by atoms with Crippen LogP contribution >= 0.6 is 11.8 Å². The van der Waals surface area contributed by atoms with Crippen LogP contribution in [0.1, 0.15) is 24.8 Å². The summed E-state index contributed by atoms with van der Waals surface area (Å²) in [5, 5.41) is 3.03. The van der Waals surface area contributed by atoms with Crippen molar-refractivity contribution in [1.29, 1.82) is 0 Å². The number of thioether (sulfide) groups is 1. The van der Waals surface area contributed by atoms with E-state index in [-0.39, 0.29) is 17.6 Å². The van der Waals surface area contributed by atoms with Crippen LogP contribution in [0.15, 0.2) is 24.3 Å². The van der Waals surface area contributed by atoms with Crippen molar-refractivity contribution in [3.63, 3.8) is 0 Å². The van der Waals surface area contributed by atoms with Gasteiger partial charge >= 0.3 is 0 Å². The van der Waals surface area contributed by atoms with E-state index in [1.54, 1.807) is 17.8 Å². The molecule has 1 fully saturated rings. The summed E-state index contributed by atoms with van der Waals surface area (Å²) >= 11 is 1.71. The number of likely N-dealkylation sites (tertiary alicyclic amines) is 1. The standard InChI is InChI=1S/C17H25FN2OS/c1-20-10-4-7-14(12-20)17(21)19-9-5-11-22-13-15-6-2-3-8-16(15)18/h2-3,6,8,14H,4-5,7,9-13H2,1H3,(H,19,21). The summed E-state index contributed by atoms with van der Waals surface area (Å²) in [5.41, 5.74) is 0.752. The lowest BCUT2D eigenvalue weighted by molar-refractivity contribution is -0.126. The van der Waals surface area contributed by atoms with Gasteiger partial charge in [-0.15, -0.1) is 0 Å². The molecule has 1 saturated heterocycles. The van der Waals surface area contributed by atoms with Gasteiger partial charge in [-0.3, -0.25) is 4.79 Å². The maximum absolute atomic E-state index is 13.4. The van der Waals surface area contributed by atoms with Gasteiger partial charge in [0, 0.05) is 18.8 Å².